The zero-order valence-electron chi connectivity index (χ0n) is 15.5. The number of ether oxygens (including phenoxy) is 4. The van der Waals surface area contributed by atoms with E-state index in [0.717, 1.165) is 0 Å². The van der Waals surface area contributed by atoms with Crippen molar-refractivity contribution in [3.05, 3.63) is 52.5 Å². The van der Waals surface area contributed by atoms with Gasteiger partial charge in [-0.25, -0.2) is 0 Å². The summed E-state index contributed by atoms with van der Waals surface area (Å²) in [7, 11) is 3.09. The fraction of sp³-hybridized carbons (Fsp3) is 0.263. The molecule has 2 amide bonds. The Morgan fingerprint density at radius 3 is 2.36 bits per heavy atom. The molecule has 0 radical (unpaired) electrons. The maximum Gasteiger partial charge on any atom is 0.276 e. The first kappa shape index (κ1) is 21.5. The standard InChI is InChI=1S/C19H21BrN2O6/c1-25-9-10-27-15-8-7-13(11-14(15)20)19(24)22-21-18(23)12-28-17-6-4-3-5-16(17)26-2/h3-8,11H,9-10,12H2,1-2H3,(H,21,23)(H,22,24). The van der Waals surface area contributed by atoms with Crippen LogP contribution in [0.1, 0.15) is 10.4 Å². The van der Waals surface area contributed by atoms with Crippen molar-refractivity contribution in [1.82, 2.24) is 10.9 Å². The summed E-state index contributed by atoms with van der Waals surface area (Å²) in [5.41, 5.74) is 4.97. The zero-order valence-corrected chi connectivity index (χ0v) is 17.1. The van der Waals surface area contributed by atoms with E-state index in [1.165, 1.54) is 7.11 Å². The van der Waals surface area contributed by atoms with Crippen LogP contribution < -0.4 is 25.1 Å². The summed E-state index contributed by atoms with van der Waals surface area (Å²) in [6, 6.07) is 11.8. The first-order chi connectivity index (χ1) is 13.5. The molecule has 0 aliphatic rings. The van der Waals surface area contributed by atoms with E-state index in [4.69, 9.17) is 18.9 Å². The number of hydrazine groups is 1. The lowest BCUT2D eigenvalue weighted by molar-refractivity contribution is -0.123. The number of para-hydroxylation sites is 2. The third-order valence-corrected chi connectivity index (χ3v) is 4.10. The summed E-state index contributed by atoms with van der Waals surface area (Å²) in [5.74, 6) is 0.534. The largest absolute Gasteiger partial charge is 0.493 e. The second kappa shape index (κ2) is 11.2. The quantitative estimate of drug-likeness (QED) is 0.447. The van der Waals surface area contributed by atoms with E-state index >= 15 is 0 Å². The topological polar surface area (TPSA) is 95.1 Å². The van der Waals surface area contributed by atoms with Gasteiger partial charge in [-0.1, -0.05) is 12.1 Å². The molecular formula is C19H21BrN2O6. The van der Waals surface area contributed by atoms with Crippen molar-refractivity contribution >= 4 is 27.7 Å². The highest BCUT2D eigenvalue weighted by Gasteiger charge is 2.11. The Hall–Kier alpha value is -2.78. The fourth-order valence-electron chi connectivity index (χ4n) is 2.11. The number of rotatable bonds is 9. The minimum atomic E-state index is -0.516. The van der Waals surface area contributed by atoms with Gasteiger partial charge < -0.3 is 18.9 Å². The summed E-state index contributed by atoms with van der Waals surface area (Å²) in [6.45, 7) is 0.567. The summed E-state index contributed by atoms with van der Waals surface area (Å²) in [6.07, 6.45) is 0. The van der Waals surface area contributed by atoms with Crippen LogP contribution in [-0.2, 0) is 9.53 Å². The molecule has 9 heteroatoms. The Morgan fingerprint density at radius 1 is 0.929 bits per heavy atom. The van der Waals surface area contributed by atoms with Gasteiger partial charge in [0.05, 0.1) is 18.2 Å². The van der Waals surface area contributed by atoms with Gasteiger partial charge in [0.25, 0.3) is 11.8 Å². The molecule has 2 aromatic rings. The molecule has 0 atom stereocenters. The van der Waals surface area contributed by atoms with Crippen LogP contribution in [0, 0.1) is 0 Å². The zero-order chi connectivity index (χ0) is 20.4. The normalized spacial score (nSPS) is 10.1. The number of carbonyl (C=O) groups is 2. The van der Waals surface area contributed by atoms with Gasteiger partial charge in [-0.05, 0) is 46.3 Å². The Labute approximate surface area is 171 Å². The molecule has 0 unspecified atom stereocenters. The van der Waals surface area contributed by atoms with Gasteiger partial charge in [-0.2, -0.15) is 0 Å². The van der Waals surface area contributed by atoms with Crippen molar-refractivity contribution < 1.29 is 28.5 Å². The molecule has 150 valence electrons. The number of nitrogens with one attached hydrogen (secondary N) is 2. The number of halogens is 1. The molecule has 0 saturated carbocycles. The van der Waals surface area contributed by atoms with Gasteiger partial charge in [-0.3, -0.25) is 20.4 Å². The molecule has 0 fully saturated rings. The Kier molecular flexibility index (Phi) is 8.57. The molecule has 0 aromatic heterocycles. The van der Waals surface area contributed by atoms with E-state index in [9.17, 15) is 9.59 Å². The van der Waals surface area contributed by atoms with Crippen LogP contribution in [0.3, 0.4) is 0 Å². The Bertz CT molecular complexity index is 815. The van der Waals surface area contributed by atoms with E-state index in [-0.39, 0.29) is 6.61 Å². The molecule has 0 heterocycles. The second-order valence-corrected chi connectivity index (χ2v) is 6.28. The average molecular weight is 453 g/mol. The van der Waals surface area contributed by atoms with Crippen LogP contribution in [0.5, 0.6) is 17.2 Å². The maximum absolute atomic E-state index is 12.2. The van der Waals surface area contributed by atoms with Gasteiger partial charge >= 0.3 is 0 Å². The van der Waals surface area contributed by atoms with Gasteiger partial charge in [0.15, 0.2) is 18.1 Å². The van der Waals surface area contributed by atoms with Gasteiger partial charge in [0, 0.05) is 12.7 Å². The van der Waals surface area contributed by atoms with Gasteiger partial charge in [0.2, 0.25) is 0 Å². The van der Waals surface area contributed by atoms with E-state index in [1.54, 1.807) is 49.6 Å². The number of amides is 2. The molecule has 8 nitrogen and oxygen atoms in total. The lowest BCUT2D eigenvalue weighted by Gasteiger charge is -2.12. The van der Waals surface area contributed by atoms with E-state index in [0.29, 0.717) is 40.5 Å². The minimum absolute atomic E-state index is 0.281. The molecule has 0 aliphatic carbocycles. The van der Waals surface area contributed by atoms with Crippen LogP contribution >= 0.6 is 15.9 Å². The molecule has 2 aromatic carbocycles. The molecular weight excluding hydrogens is 432 g/mol. The molecule has 28 heavy (non-hydrogen) atoms. The highest BCUT2D eigenvalue weighted by Crippen LogP contribution is 2.26. The number of benzene rings is 2. The van der Waals surface area contributed by atoms with Gasteiger partial charge in [-0.15, -0.1) is 0 Å². The lowest BCUT2D eigenvalue weighted by Crippen LogP contribution is -2.43. The predicted octanol–water partition coefficient (Wildman–Crippen LogP) is 2.32. The number of hydrogen-bond acceptors (Lipinski definition) is 6. The first-order valence-electron chi connectivity index (χ1n) is 8.31. The first-order valence-corrected chi connectivity index (χ1v) is 9.10. The van der Waals surface area contributed by atoms with Crippen LogP contribution in [0.15, 0.2) is 46.9 Å². The van der Waals surface area contributed by atoms with Crippen molar-refractivity contribution in [2.75, 3.05) is 34.0 Å². The van der Waals surface area contributed by atoms with E-state index in [2.05, 4.69) is 26.8 Å². The SMILES string of the molecule is COCCOc1ccc(C(=O)NNC(=O)COc2ccccc2OC)cc1Br. The molecule has 2 N–H and O–H groups in total. The van der Waals surface area contributed by atoms with Crippen LogP contribution in [-0.4, -0.2) is 45.9 Å². The summed E-state index contributed by atoms with van der Waals surface area (Å²) < 4.78 is 21.6. The monoisotopic (exact) mass is 452 g/mol. The average Bonchev–Trinajstić information content (AvgIpc) is 2.71. The lowest BCUT2D eigenvalue weighted by atomic mass is 10.2. The Balaban J connectivity index is 1.82. The highest BCUT2D eigenvalue weighted by molar-refractivity contribution is 9.10. The molecule has 2 rings (SSSR count). The molecule has 0 spiro atoms. The van der Waals surface area contributed by atoms with Crippen molar-refractivity contribution in [2.24, 2.45) is 0 Å². The smallest absolute Gasteiger partial charge is 0.276 e. The maximum atomic E-state index is 12.2. The van der Waals surface area contributed by atoms with E-state index < -0.39 is 11.8 Å². The van der Waals surface area contributed by atoms with Crippen LogP contribution in [0.4, 0.5) is 0 Å². The third-order valence-electron chi connectivity index (χ3n) is 3.48. The molecule has 0 saturated heterocycles. The number of carbonyl (C=O) groups excluding carboxylic acids is 2. The van der Waals surface area contributed by atoms with Crippen molar-refractivity contribution in [2.45, 2.75) is 0 Å². The van der Waals surface area contributed by atoms with E-state index in [1.807, 2.05) is 0 Å². The molecule has 0 bridgehead atoms. The van der Waals surface area contributed by atoms with Crippen molar-refractivity contribution in [1.29, 1.82) is 0 Å². The van der Waals surface area contributed by atoms with Crippen molar-refractivity contribution in [3.63, 3.8) is 0 Å². The Morgan fingerprint density at radius 2 is 1.68 bits per heavy atom. The molecule has 0 aliphatic heterocycles. The number of hydrogen-bond donors (Lipinski definition) is 2. The second-order valence-electron chi connectivity index (χ2n) is 5.43. The predicted molar refractivity (Wildman–Crippen MR) is 106 cm³/mol. The summed E-state index contributed by atoms with van der Waals surface area (Å²) >= 11 is 3.35. The third kappa shape index (κ3) is 6.43. The number of methoxy groups -OCH3 is 2. The summed E-state index contributed by atoms with van der Waals surface area (Å²) in [4.78, 5) is 24.1. The van der Waals surface area contributed by atoms with Crippen LogP contribution in [0.25, 0.3) is 0 Å². The summed E-state index contributed by atoms with van der Waals surface area (Å²) in [5, 5.41) is 0. The van der Waals surface area contributed by atoms with Crippen LogP contribution in [0.2, 0.25) is 0 Å². The van der Waals surface area contributed by atoms with Gasteiger partial charge in [0.1, 0.15) is 12.4 Å². The minimum Gasteiger partial charge on any atom is -0.493 e. The van der Waals surface area contributed by atoms with Crippen molar-refractivity contribution in [3.8, 4) is 17.2 Å². The highest BCUT2D eigenvalue weighted by atomic mass is 79.9. The fourth-order valence-corrected chi connectivity index (χ4v) is 2.60.